The lowest BCUT2D eigenvalue weighted by Crippen LogP contribution is -2.27. The lowest BCUT2D eigenvalue weighted by molar-refractivity contribution is 0.560. The van der Waals surface area contributed by atoms with Crippen LogP contribution in [-0.2, 0) is 23.1 Å². The van der Waals surface area contributed by atoms with Gasteiger partial charge in [-0.25, -0.2) is 13.1 Å². The van der Waals surface area contributed by atoms with Crippen molar-refractivity contribution in [2.75, 3.05) is 6.54 Å². The number of aromatic nitrogens is 2. The van der Waals surface area contributed by atoms with E-state index in [1.807, 2.05) is 0 Å². The van der Waals surface area contributed by atoms with Crippen molar-refractivity contribution >= 4 is 26.0 Å². The fraction of sp³-hybridized carbons (Fsp3) is 0.250. The van der Waals surface area contributed by atoms with E-state index < -0.39 is 10.0 Å². The molecule has 6 nitrogen and oxygen atoms in total. The summed E-state index contributed by atoms with van der Waals surface area (Å²) < 4.78 is 29.1. The average Bonchev–Trinajstić information content (AvgIpc) is 2.91. The van der Waals surface area contributed by atoms with Crippen LogP contribution in [0.25, 0.3) is 0 Å². The van der Waals surface area contributed by atoms with Crippen LogP contribution in [0.4, 0.5) is 0 Å². The number of benzene rings is 1. The summed E-state index contributed by atoms with van der Waals surface area (Å²) in [6.45, 7) is 1.12. The number of nitrogens with two attached hydrogens (primary N) is 1. The van der Waals surface area contributed by atoms with Crippen molar-refractivity contribution in [2.45, 2.75) is 18.0 Å². The van der Waals surface area contributed by atoms with Gasteiger partial charge in [0.1, 0.15) is 0 Å². The minimum absolute atomic E-state index is 0.204. The molecule has 0 saturated heterocycles. The van der Waals surface area contributed by atoms with Crippen molar-refractivity contribution in [1.82, 2.24) is 14.5 Å². The summed E-state index contributed by atoms with van der Waals surface area (Å²) in [6, 6.07) is 6.74. The number of halogens is 1. The van der Waals surface area contributed by atoms with Gasteiger partial charge in [0.25, 0.3) is 0 Å². The first kappa shape index (κ1) is 15.2. The van der Waals surface area contributed by atoms with Crippen molar-refractivity contribution in [2.24, 2.45) is 5.73 Å². The molecule has 0 amide bonds. The summed E-state index contributed by atoms with van der Waals surface area (Å²) in [5.74, 6) is 0. The Balaban J connectivity index is 2.06. The summed E-state index contributed by atoms with van der Waals surface area (Å²) in [6.07, 6.45) is 3.43. The molecule has 8 heteroatoms. The van der Waals surface area contributed by atoms with E-state index in [2.05, 4.69) is 25.8 Å². The molecule has 1 aromatic heterocycles. The first-order valence-electron chi connectivity index (χ1n) is 5.98. The van der Waals surface area contributed by atoms with Gasteiger partial charge in [0.15, 0.2) is 0 Å². The molecule has 0 saturated carbocycles. The van der Waals surface area contributed by atoms with Gasteiger partial charge in [0, 0.05) is 30.0 Å². The second-order valence-electron chi connectivity index (χ2n) is 4.14. The predicted octanol–water partition coefficient (Wildman–Crippen LogP) is 1.08. The predicted molar refractivity (Wildman–Crippen MR) is 79.4 cm³/mol. The van der Waals surface area contributed by atoms with E-state index in [0.29, 0.717) is 17.6 Å². The van der Waals surface area contributed by atoms with Crippen LogP contribution in [0.15, 0.2) is 46.0 Å². The topological polar surface area (TPSA) is 90.0 Å². The summed E-state index contributed by atoms with van der Waals surface area (Å²) in [7, 11) is -3.55. The molecule has 0 bridgehead atoms. The van der Waals surface area contributed by atoms with Crippen LogP contribution in [0.3, 0.4) is 0 Å². The van der Waals surface area contributed by atoms with Crippen LogP contribution in [0.2, 0.25) is 0 Å². The van der Waals surface area contributed by atoms with Crippen molar-refractivity contribution in [3.63, 3.8) is 0 Å². The Morgan fingerprint density at radius 1 is 1.40 bits per heavy atom. The molecular weight excluding hydrogens is 344 g/mol. The maximum Gasteiger partial charge on any atom is 0.241 e. The molecule has 3 N–H and O–H groups in total. The quantitative estimate of drug-likeness (QED) is 0.808. The minimum atomic E-state index is -3.55. The minimum Gasteiger partial charge on any atom is -0.326 e. The zero-order chi connectivity index (χ0) is 14.6. The lowest BCUT2D eigenvalue weighted by Gasteiger charge is -2.09. The zero-order valence-electron chi connectivity index (χ0n) is 10.7. The van der Waals surface area contributed by atoms with Crippen LogP contribution >= 0.6 is 15.9 Å². The van der Waals surface area contributed by atoms with Gasteiger partial charge >= 0.3 is 0 Å². The summed E-state index contributed by atoms with van der Waals surface area (Å²) in [5, 5.41) is 4.01. The normalized spacial score (nSPS) is 11.7. The molecule has 2 rings (SSSR count). The van der Waals surface area contributed by atoms with E-state index in [9.17, 15) is 8.42 Å². The largest absolute Gasteiger partial charge is 0.326 e. The number of hydrogen-bond donors (Lipinski definition) is 2. The van der Waals surface area contributed by atoms with Crippen LogP contribution in [0.1, 0.15) is 5.56 Å². The Kier molecular flexibility index (Phi) is 4.92. The Bertz CT molecular complexity index is 671. The molecule has 2 aromatic rings. The number of nitrogens with zero attached hydrogens (tertiary/aromatic N) is 2. The highest BCUT2D eigenvalue weighted by Crippen LogP contribution is 2.22. The molecule has 1 aromatic carbocycles. The molecule has 0 radical (unpaired) electrons. The van der Waals surface area contributed by atoms with Crippen LogP contribution in [0, 0.1) is 0 Å². The van der Waals surface area contributed by atoms with E-state index in [0.717, 1.165) is 5.56 Å². The summed E-state index contributed by atoms with van der Waals surface area (Å²) in [5.41, 5.74) is 6.38. The Hall–Kier alpha value is -1.22. The van der Waals surface area contributed by atoms with Crippen molar-refractivity contribution < 1.29 is 8.42 Å². The molecule has 0 aliphatic carbocycles. The van der Waals surface area contributed by atoms with Gasteiger partial charge in [0.2, 0.25) is 10.0 Å². The molecule has 0 fully saturated rings. The molecule has 0 aliphatic heterocycles. The first-order valence-corrected chi connectivity index (χ1v) is 8.26. The lowest BCUT2D eigenvalue weighted by atomic mass is 10.2. The Labute approximate surface area is 126 Å². The highest BCUT2D eigenvalue weighted by molar-refractivity contribution is 9.10. The molecular formula is C12H15BrN4O2S. The zero-order valence-corrected chi connectivity index (χ0v) is 13.1. The van der Waals surface area contributed by atoms with Crippen molar-refractivity contribution in [3.8, 4) is 0 Å². The second kappa shape index (κ2) is 6.49. The standard InChI is InChI=1S/C12H15BrN4O2S/c13-11-8-10(9-14)2-3-12(11)20(18,19)16-5-7-17-6-1-4-15-17/h1-4,6,8,16H,5,7,9,14H2. The second-order valence-corrected chi connectivity index (χ2v) is 6.73. The molecule has 108 valence electrons. The van der Waals surface area contributed by atoms with Crippen LogP contribution < -0.4 is 10.5 Å². The van der Waals surface area contributed by atoms with Crippen molar-refractivity contribution in [1.29, 1.82) is 0 Å². The van der Waals surface area contributed by atoms with Gasteiger partial charge in [-0.05, 0) is 39.7 Å². The maximum absolute atomic E-state index is 12.2. The molecule has 0 unspecified atom stereocenters. The highest BCUT2D eigenvalue weighted by atomic mass is 79.9. The monoisotopic (exact) mass is 358 g/mol. The summed E-state index contributed by atoms with van der Waals surface area (Å²) >= 11 is 3.26. The Morgan fingerprint density at radius 2 is 2.20 bits per heavy atom. The van der Waals surface area contributed by atoms with Gasteiger partial charge in [-0.15, -0.1) is 0 Å². The Morgan fingerprint density at radius 3 is 2.80 bits per heavy atom. The fourth-order valence-corrected chi connectivity index (χ4v) is 3.84. The van der Waals surface area contributed by atoms with Crippen LogP contribution in [0.5, 0.6) is 0 Å². The van der Waals surface area contributed by atoms with E-state index >= 15 is 0 Å². The highest BCUT2D eigenvalue weighted by Gasteiger charge is 2.17. The van der Waals surface area contributed by atoms with Gasteiger partial charge < -0.3 is 5.73 Å². The SMILES string of the molecule is NCc1ccc(S(=O)(=O)NCCn2cccn2)c(Br)c1. The molecule has 1 heterocycles. The molecule has 0 atom stereocenters. The average molecular weight is 359 g/mol. The third kappa shape index (κ3) is 3.66. The van der Waals surface area contributed by atoms with E-state index in [4.69, 9.17) is 5.73 Å². The van der Waals surface area contributed by atoms with E-state index in [-0.39, 0.29) is 11.4 Å². The van der Waals surface area contributed by atoms with Gasteiger partial charge in [-0.2, -0.15) is 5.10 Å². The van der Waals surface area contributed by atoms with Crippen LogP contribution in [-0.4, -0.2) is 24.7 Å². The number of sulfonamides is 1. The van der Waals surface area contributed by atoms with Crippen molar-refractivity contribution in [3.05, 3.63) is 46.7 Å². The van der Waals surface area contributed by atoms with Gasteiger partial charge in [-0.3, -0.25) is 4.68 Å². The fourth-order valence-electron chi connectivity index (χ4n) is 1.69. The number of hydrogen-bond acceptors (Lipinski definition) is 4. The summed E-state index contributed by atoms with van der Waals surface area (Å²) in [4.78, 5) is 0.204. The third-order valence-electron chi connectivity index (χ3n) is 2.71. The number of nitrogens with one attached hydrogen (secondary N) is 1. The first-order chi connectivity index (χ1) is 9.53. The van der Waals surface area contributed by atoms with E-state index in [1.165, 1.54) is 0 Å². The molecule has 0 spiro atoms. The van der Waals surface area contributed by atoms with E-state index in [1.54, 1.807) is 41.3 Å². The number of rotatable bonds is 6. The smallest absolute Gasteiger partial charge is 0.241 e. The third-order valence-corrected chi connectivity index (χ3v) is 5.15. The van der Waals surface area contributed by atoms with Gasteiger partial charge in [-0.1, -0.05) is 6.07 Å². The maximum atomic E-state index is 12.2. The van der Waals surface area contributed by atoms with Gasteiger partial charge in [0.05, 0.1) is 11.4 Å². The molecule has 20 heavy (non-hydrogen) atoms. The molecule has 0 aliphatic rings.